The minimum absolute atomic E-state index is 0.00944. The van der Waals surface area contributed by atoms with E-state index in [0.717, 1.165) is 7.11 Å². The summed E-state index contributed by atoms with van der Waals surface area (Å²) in [6.45, 7) is 3.57. The Hall–Kier alpha value is -1.32. The number of hydrogen-bond acceptors (Lipinski definition) is 3. The fourth-order valence-corrected chi connectivity index (χ4v) is 0.670. The SMILES string of the molecule is COC(=O)/C(=C\C(C)C)C(=O)O. The van der Waals surface area contributed by atoms with Gasteiger partial charge < -0.3 is 9.84 Å². The summed E-state index contributed by atoms with van der Waals surface area (Å²) in [5, 5.41) is 8.55. The van der Waals surface area contributed by atoms with Gasteiger partial charge in [0.15, 0.2) is 0 Å². The van der Waals surface area contributed by atoms with Gasteiger partial charge >= 0.3 is 11.9 Å². The van der Waals surface area contributed by atoms with Crippen molar-refractivity contribution in [2.75, 3.05) is 7.11 Å². The molecule has 0 aliphatic rings. The molecule has 0 bridgehead atoms. The average Bonchev–Trinajstić information content (AvgIpc) is 1.98. The van der Waals surface area contributed by atoms with Gasteiger partial charge in [-0.2, -0.15) is 0 Å². The highest BCUT2D eigenvalue weighted by atomic mass is 16.5. The summed E-state index contributed by atoms with van der Waals surface area (Å²) < 4.78 is 4.29. The maximum atomic E-state index is 10.8. The van der Waals surface area contributed by atoms with Crippen LogP contribution in [0, 0.1) is 5.92 Å². The van der Waals surface area contributed by atoms with Crippen molar-refractivity contribution in [1.29, 1.82) is 0 Å². The van der Waals surface area contributed by atoms with Gasteiger partial charge in [0, 0.05) is 0 Å². The number of hydrogen-bond donors (Lipinski definition) is 1. The number of esters is 1. The van der Waals surface area contributed by atoms with E-state index in [4.69, 9.17) is 5.11 Å². The van der Waals surface area contributed by atoms with Crippen molar-refractivity contribution in [2.24, 2.45) is 5.92 Å². The van der Waals surface area contributed by atoms with Crippen LogP contribution < -0.4 is 0 Å². The lowest BCUT2D eigenvalue weighted by atomic mass is 10.1. The molecule has 0 aromatic rings. The number of carboxylic acids is 1. The average molecular weight is 172 g/mol. The van der Waals surface area contributed by atoms with E-state index < -0.39 is 11.9 Å². The van der Waals surface area contributed by atoms with Crippen molar-refractivity contribution in [3.63, 3.8) is 0 Å². The number of carboxylic acid groups (broad SMARTS) is 1. The van der Waals surface area contributed by atoms with Crippen molar-refractivity contribution in [3.05, 3.63) is 11.6 Å². The molecule has 0 saturated heterocycles. The summed E-state index contributed by atoms with van der Waals surface area (Å²) in [6.07, 6.45) is 1.36. The molecule has 0 atom stereocenters. The monoisotopic (exact) mass is 172 g/mol. The third-order valence-corrected chi connectivity index (χ3v) is 1.14. The summed E-state index contributed by atoms with van der Waals surface area (Å²) >= 11 is 0. The Morgan fingerprint density at radius 3 is 2.17 bits per heavy atom. The second-order valence-corrected chi connectivity index (χ2v) is 2.62. The molecule has 12 heavy (non-hydrogen) atoms. The van der Waals surface area contributed by atoms with Crippen LogP contribution in [0.2, 0.25) is 0 Å². The minimum atomic E-state index is -1.25. The van der Waals surface area contributed by atoms with E-state index in [1.54, 1.807) is 13.8 Å². The highest BCUT2D eigenvalue weighted by molar-refractivity contribution is 6.13. The molecular formula is C8H12O4. The van der Waals surface area contributed by atoms with Gasteiger partial charge in [-0.05, 0) is 5.92 Å². The molecule has 1 N–H and O–H groups in total. The van der Waals surface area contributed by atoms with E-state index in [1.165, 1.54) is 6.08 Å². The number of aliphatic carboxylic acids is 1. The molecule has 0 amide bonds. The van der Waals surface area contributed by atoms with Crippen LogP contribution >= 0.6 is 0 Å². The first-order valence-electron chi connectivity index (χ1n) is 3.52. The van der Waals surface area contributed by atoms with Crippen LogP contribution in [0.15, 0.2) is 11.6 Å². The van der Waals surface area contributed by atoms with Gasteiger partial charge in [-0.15, -0.1) is 0 Å². The van der Waals surface area contributed by atoms with E-state index >= 15 is 0 Å². The second-order valence-electron chi connectivity index (χ2n) is 2.62. The van der Waals surface area contributed by atoms with Gasteiger partial charge in [0.2, 0.25) is 0 Å². The zero-order chi connectivity index (χ0) is 9.72. The van der Waals surface area contributed by atoms with Crippen LogP contribution in [-0.4, -0.2) is 24.2 Å². The Labute approximate surface area is 70.8 Å². The standard InChI is InChI=1S/C8H12O4/c1-5(2)4-6(7(9)10)8(11)12-3/h4-5H,1-3H3,(H,9,10)/b6-4-. The highest BCUT2D eigenvalue weighted by Gasteiger charge is 2.17. The maximum absolute atomic E-state index is 10.8. The van der Waals surface area contributed by atoms with Crippen LogP contribution in [0.5, 0.6) is 0 Å². The van der Waals surface area contributed by atoms with Crippen LogP contribution in [0.3, 0.4) is 0 Å². The lowest BCUT2D eigenvalue weighted by Crippen LogP contribution is -2.14. The largest absolute Gasteiger partial charge is 0.477 e. The van der Waals surface area contributed by atoms with E-state index in [2.05, 4.69) is 4.74 Å². The second kappa shape index (κ2) is 4.54. The molecule has 0 unspecified atom stereocenters. The molecule has 4 heteroatoms. The van der Waals surface area contributed by atoms with Crippen molar-refractivity contribution in [3.8, 4) is 0 Å². The predicted octanol–water partition coefficient (Wildman–Crippen LogP) is 0.826. The molecule has 0 aromatic carbocycles. The molecule has 4 nitrogen and oxygen atoms in total. The summed E-state index contributed by atoms with van der Waals surface area (Å²) in [5.74, 6) is -2.05. The topological polar surface area (TPSA) is 63.6 Å². The molecule has 0 fully saturated rings. The molecule has 0 aliphatic heterocycles. The predicted molar refractivity (Wildman–Crippen MR) is 42.6 cm³/mol. The Bertz CT molecular complexity index is 215. The fourth-order valence-electron chi connectivity index (χ4n) is 0.670. The molecule has 0 spiro atoms. The normalized spacial score (nSPS) is 11.5. The molecule has 0 radical (unpaired) electrons. The highest BCUT2D eigenvalue weighted by Crippen LogP contribution is 2.04. The lowest BCUT2D eigenvalue weighted by molar-refractivity contribution is -0.142. The van der Waals surface area contributed by atoms with Crippen LogP contribution in [-0.2, 0) is 14.3 Å². The quantitative estimate of drug-likeness (QED) is 0.296. The Morgan fingerprint density at radius 1 is 1.42 bits per heavy atom. The van der Waals surface area contributed by atoms with Gasteiger partial charge in [-0.1, -0.05) is 19.9 Å². The van der Waals surface area contributed by atoms with Gasteiger partial charge in [0.05, 0.1) is 7.11 Å². The number of allylic oxidation sites excluding steroid dienone is 1. The molecular weight excluding hydrogens is 160 g/mol. The molecule has 0 heterocycles. The number of carbonyl (C=O) groups excluding carboxylic acids is 1. The van der Waals surface area contributed by atoms with Crippen LogP contribution in [0.4, 0.5) is 0 Å². The van der Waals surface area contributed by atoms with Gasteiger partial charge in [-0.25, -0.2) is 9.59 Å². The fraction of sp³-hybridized carbons (Fsp3) is 0.500. The Morgan fingerprint density at radius 2 is 1.92 bits per heavy atom. The number of carbonyl (C=O) groups is 2. The summed E-state index contributed by atoms with van der Waals surface area (Å²) in [4.78, 5) is 21.3. The molecule has 0 rings (SSSR count). The van der Waals surface area contributed by atoms with Crippen LogP contribution in [0.1, 0.15) is 13.8 Å². The first-order chi connectivity index (χ1) is 5.49. The maximum Gasteiger partial charge on any atom is 0.344 e. The smallest absolute Gasteiger partial charge is 0.344 e. The third-order valence-electron chi connectivity index (χ3n) is 1.14. The first kappa shape index (κ1) is 10.7. The Kier molecular flexibility index (Phi) is 4.04. The van der Waals surface area contributed by atoms with Gasteiger partial charge in [0.1, 0.15) is 5.57 Å². The summed E-state index contributed by atoms with van der Waals surface area (Å²) in [5.41, 5.74) is -0.312. The van der Waals surface area contributed by atoms with Gasteiger partial charge in [0.25, 0.3) is 0 Å². The van der Waals surface area contributed by atoms with E-state index in [0.29, 0.717) is 0 Å². The number of methoxy groups -OCH3 is 1. The molecule has 0 aromatic heterocycles. The van der Waals surface area contributed by atoms with Gasteiger partial charge in [-0.3, -0.25) is 0 Å². The van der Waals surface area contributed by atoms with Crippen LogP contribution in [0.25, 0.3) is 0 Å². The first-order valence-corrected chi connectivity index (χ1v) is 3.52. The number of rotatable bonds is 3. The molecule has 68 valence electrons. The van der Waals surface area contributed by atoms with Crippen molar-refractivity contribution in [2.45, 2.75) is 13.8 Å². The summed E-state index contributed by atoms with van der Waals surface area (Å²) in [6, 6.07) is 0. The zero-order valence-electron chi connectivity index (χ0n) is 7.33. The molecule has 0 aliphatic carbocycles. The van der Waals surface area contributed by atoms with Crippen molar-refractivity contribution >= 4 is 11.9 Å². The third kappa shape index (κ3) is 3.18. The van der Waals surface area contributed by atoms with E-state index in [9.17, 15) is 9.59 Å². The number of ether oxygens (including phenoxy) is 1. The minimum Gasteiger partial charge on any atom is -0.477 e. The zero-order valence-corrected chi connectivity index (χ0v) is 7.33. The van der Waals surface area contributed by atoms with Crippen molar-refractivity contribution in [1.82, 2.24) is 0 Å². The lowest BCUT2D eigenvalue weighted by Gasteiger charge is -2.01. The summed E-state index contributed by atoms with van der Waals surface area (Å²) in [7, 11) is 1.15. The van der Waals surface area contributed by atoms with Crippen molar-refractivity contribution < 1.29 is 19.4 Å². The van der Waals surface area contributed by atoms with E-state index in [1.807, 2.05) is 0 Å². The Balaban J connectivity index is 4.67. The van der Waals surface area contributed by atoms with E-state index in [-0.39, 0.29) is 11.5 Å². The molecule has 0 saturated carbocycles.